The first-order valence-corrected chi connectivity index (χ1v) is 16.3. The number of carboxylic acid groups (broad SMARTS) is 1. The Balaban J connectivity index is 3.29. The van der Waals surface area contributed by atoms with Gasteiger partial charge in [0.25, 0.3) is 0 Å². The highest BCUT2D eigenvalue weighted by atomic mass is 16.5. The SMILES string of the molecule is CCC(CC(C)(C)C(=O)OCCNCCNCCNCCNCCNCCNCCNCCNCCNCCN)C(=O)O. The number of carboxylic acids is 1. The summed E-state index contributed by atoms with van der Waals surface area (Å²) in [4.78, 5) is 23.6. The molecule has 0 saturated carbocycles. The van der Waals surface area contributed by atoms with Gasteiger partial charge in [0, 0.05) is 124 Å². The Morgan fingerprint density at radius 1 is 0.605 bits per heavy atom. The minimum atomic E-state index is -0.865. The lowest BCUT2D eigenvalue weighted by Crippen LogP contribution is -2.38. The summed E-state index contributed by atoms with van der Waals surface area (Å²) >= 11 is 0. The third-order valence-electron chi connectivity index (χ3n) is 6.81. The number of aliphatic carboxylic acids is 1. The first kappa shape index (κ1) is 41.5. The zero-order chi connectivity index (χ0) is 31.9. The van der Waals surface area contributed by atoms with E-state index < -0.39 is 17.3 Å². The monoisotopic (exact) mass is 619 g/mol. The van der Waals surface area contributed by atoms with Gasteiger partial charge in [-0.3, -0.25) is 9.59 Å². The molecule has 1 atom stereocenters. The predicted octanol–water partition coefficient (Wildman–Crippen LogP) is -2.68. The molecule has 14 heteroatoms. The van der Waals surface area contributed by atoms with E-state index in [1.165, 1.54) is 0 Å². The zero-order valence-corrected chi connectivity index (χ0v) is 27.4. The van der Waals surface area contributed by atoms with Crippen molar-refractivity contribution in [1.29, 1.82) is 0 Å². The molecule has 0 aromatic heterocycles. The first-order chi connectivity index (χ1) is 20.8. The largest absolute Gasteiger partial charge is 0.481 e. The molecule has 12 N–H and O–H groups in total. The van der Waals surface area contributed by atoms with Gasteiger partial charge in [0.05, 0.1) is 11.3 Å². The van der Waals surface area contributed by atoms with Gasteiger partial charge < -0.3 is 63.4 Å². The van der Waals surface area contributed by atoms with Crippen molar-refractivity contribution in [1.82, 2.24) is 47.9 Å². The second-order valence-corrected chi connectivity index (χ2v) is 11.2. The van der Waals surface area contributed by atoms with Crippen LogP contribution in [-0.4, -0.2) is 148 Å². The van der Waals surface area contributed by atoms with Crippen LogP contribution in [0, 0.1) is 11.3 Å². The molecular formula is C29H66N10O4. The van der Waals surface area contributed by atoms with Gasteiger partial charge in [-0.25, -0.2) is 0 Å². The molecule has 0 aliphatic rings. The van der Waals surface area contributed by atoms with E-state index in [2.05, 4.69) is 47.9 Å². The molecule has 0 aromatic rings. The van der Waals surface area contributed by atoms with Crippen LogP contribution in [0.1, 0.15) is 33.6 Å². The van der Waals surface area contributed by atoms with Crippen molar-refractivity contribution in [2.24, 2.45) is 17.1 Å². The lowest BCUT2D eigenvalue weighted by atomic mass is 9.82. The maximum Gasteiger partial charge on any atom is 0.311 e. The quantitative estimate of drug-likeness (QED) is 0.0264. The molecule has 0 radical (unpaired) electrons. The molecule has 0 bridgehead atoms. The van der Waals surface area contributed by atoms with E-state index in [4.69, 9.17) is 10.5 Å². The lowest BCUT2D eigenvalue weighted by Gasteiger charge is -2.25. The van der Waals surface area contributed by atoms with Gasteiger partial charge in [0.2, 0.25) is 0 Å². The number of nitrogens with two attached hydrogens (primary N) is 1. The summed E-state index contributed by atoms with van der Waals surface area (Å²) < 4.78 is 5.35. The standard InChI is InChI=1S/C29H66N10O4/c1-4-26(27(40)41)25-29(2,3)28(42)43-24-23-39-22-21-38-20-19-37-18-17-36-16-15-35-14-13-34-12-11-33-10-9-32-8-7-31-6-5-30/h26,31-39H,4-25,30H2,1-3H3,(H,40,41). The van der Waals surface area contributed by atoms with E-state index in [0.717, 1.165) is 111 Å². The van der Waals surface area contributed by atoms with Crippen molar-refractivity contribution in [2.45, 2.75) is 33.6 Å². The molecule has 43 heavy (non-hydrogen) atoms. The van der Waals surface area contributed by atoms with Gasteiger partial charge >= 0.3 is 11.9 Å². The van der Waals surface area contributed by atoms with E-state index in [9.17, 15) is 14.7 Å². The molecule has 0 saturated heterocycles. The average molecular weight is 619 g/mol. The average Bonchev–Trinajstić information content (AvgIpc) is 2.98. The summed E-state index contributed by atoms with van der Waals surface area (Å²) in [5.41, 5.74) is 4.62. The van der Waals surface area contributed by atoms with Crippen molar-refractivity contribution in [3.63, 3.8) is 0 Å². The highest BCUT2D eigenvalue weighted by molar-refractivity contribution is 5.77. The molecule has 0 rings (SSSR count). The molecule has 256 valence electrons. The van der Waals surface area contributed by atoms with Crippen LogP contribution in [0.4, 0.5) is 0 Å². The fourth-order valence-electron chi connectivity index (χ4n) is 4.16. The number of nitrogens with one attached hydrogen (secondary N) is 9. The van der Waals surface area contributed by atoms with Crippen molar-refractivity contribution < 1.29 is 19.4 Å². The number of hydrogen-bond acceptors (Lipinski definition) is 13. The van der Waals surface area contributed by atoms with Gasteiger partial charge in [0.15, 0.2) is 0 Å². The Labute approximate surface area is 260 Å². The molecule has 0 fully saturated rings. The molecule has 0 aliphatic carbocycles. The number of rotatable bonds is 34. The minimum Gasteiger partial charge on any atom is -0.481 e. The van der Waals surface area contributed by atoms with Gasteiger partial charge in [-0.2, -0.15) is 0 Å². The maximum atomic E-state index is 12.3. The predicted molar refractivity (Wildman–Crippen MR) is 176 cm³/mol. The van der Waals surface area contributed by atoms with E-state index >= 15 is 0 Å². The smallest absolute Gasteiger partial charge is 0.311 e. The van der Waals surface area contributed by atoms with Crippen molar-refractivity contribution in [2.75, 3.05) is 131 Å². The van der Waals surface area contributed by atoms with E-state index in [1.807, 2.05) is 6.92 Å². The number of hydrogen-bond donors (Lipinski definition) is 11. The molecule has 0 aromatic carbocycles. The fraction of sp³-hybridized carbons (Fsp3) is 0.931. The Kier molecular flexibility index (Phi) is 29.5. The van der Waals surface area contributed by atoms with Crippen LogP contribution in [0.3, 0.4) is 0 Å². The highest BCUT2D eigenvalue weighted by Crippen LogP contribution is 2.28. The third-order valence-corrected chi connectivity index (χ3v) is 6.81. The van der Waals surface area contributed by atoms with Crippen molar-refractivity contribution >= 4 is 11.9 Å². The Bertz CT molecular complexity index is 646. The third kappa shape index (κ3) is 27.8. The molecule has 14 nitrogen and oxygen atoms in total. The van der Waals surface area contributed by atoms with Crippen LogP contribution in [0.5, 0.6) is 0 Å². The summed E-state index contributed by atoms with van der Waals surface area (Å²) in [7, 11) is 0. The normalized spacial score (nSPS) is 12.5. The summed E-state index contributed by atoms with van der Waals surface area (Å²) in [5.74, 6) is -1.75. The molecule has 0 heterocycles. The van der Waals surface area contributed by atoms with Crippen LogP contribution in [0.2, 0.25) is 0 Å². The van der Waals surface area contributed by atoms with Gasteiger partial charge in [-0.05, 0) is 26.7 Å². The second kappa shape index (κ2) is 30.6. The summed E-state index contributed by atoms with van der Waals surface area (Å²) in [6.45, 7) is 22.7. The van der Waals surface area contributed by atoms with E-state index in [1.54, 1.807) is 13.8 Å². The molecule has 0 amide bonds. The first-order valence-electron chi connectivity index (χ1n) is 16.3. The number of carbonyl (C=O) groups is 2. The maximum absolute atomic E-state index is 12.3. The molecule has 0 spiro atoms. The molecular weight excluding hydrogens is 552 g/mol. The van der Waals surface area contributed by atoms with Gasteiger partial charge in [-0.15, -0.1) is 0 Å². The van der Waals surface area contributed by atoms with Crippen LogP contribution >= 0.6 is 0 Å². The lowest BCUT2D eigenvalue weighted by molar-refractivity contribution is -0.156. The zero-order valence-electron chi connectivity index (χ0n) is 27.4. The summed E-state index contributed by atoms with van der Waals surface area (Å²) in [5, 5.41) is 39.7. The topological polar surface area (TPSA) is 198 Å². The van der Waals surface area contributed by atoms with Crippen LogP contribution in [0.15, 0.2) is 0 Å². The van der Waals surface area contributed by atoms with Crippen LogP contribution < -0.4 is 53.6 Å². The Morgan fingerprint density at radius 2 is 0.907 bits per heavy atom. The summed E-state index contributed by atoms with van der Waals surface area (Å²) in [6.07, 6.45) is 0.777. The van der Waals surface area contributed by atoms with Gasteiger partial charge in [0.1, 0.15) is 6.61 Å². The second-order valence-electron chi connectivity index (χ2n) is 11.2. The molecule has 1 unspecified atom stereocenters. The Hall–Kier alpha value is -1.46. The van der Waals surface area contributed by atoms with E-state index in [0.29, 0.717) is 19.5 Å². The van der Waals surface area contributed by atoms with Crippen LogP contribution in [0.25, 0.3) is 0 Å². The minimum absolute atomic E-state index is 0.277. The fourth-order valence-corrected chi connectivity index (χ4v) is 4.16. The van der Waals surface area contributed by atoms with Crippen molar-refractivity contribution in [3.8, 4) is 0 Å². The number of carbonyl (C=O) groups excluding carboxylic acids is 1. The number of ether oxygens (including phenoxy) is 1. The number of esters is 1. The Morgan fingerprint density at radius 3 is 1.19 bits per heavy atom. The summed E-state index contributed by atoms with van der Waals surface area (Å²) in [6, 6.07) is 0. The molecule has 0 aliphatic heterocycles. The highest BCUT2D eigenvalue weighted by Gasteiger charge is 2.34. The van der Waals surface area contributed by atoms with Gasteiger partial charge in [-0.1, -0.05) is 6.92 Å². The van der Waals surface area contributed by atoms with E-state index in [-0.39, 0.29) is 19.0 Å². The van der Waals surface area contributed by atoms with Crippen LogP contribution in [-0.2, 0) is 14.3 Å². The van der Waals surface area contributed by atoms with Crippen molar-refractivity contribution in [3.05, 3.63) is 0 Å².